The first-order valence-corrected chi connectivity index (χ1v) is 12.3. The van der Waals surface area contributed by atoms with Crippen LogP contribution in [0.3, 0.4) is 0 Å². The Bertz CT molecular complexity index is 1420. The summed E-state index contributed by atoms with van der Waals surface area (Å²) in [5.74, 6) is 2.68. The van der Waals surface area contributed by atoms with Gasteiger partial charge in [-0.1, -0.05) is 5.92 Å². The highest BCUT2D eigenvalue weighted by Gasteiger charge is 2.39. The van der Waals surface area contributed by atoms with Gasteiger partial charge in [0.25, 0.3) is 5.56 Å². The third-order valence-corrected chi connectivity index (χ3v) is 7.31. The molecule has 3 aromatic rings. The monoisotopic (exact) mass is 467 g/mol. The Labute approximate surface area is 192 Å². The van der Waals surface area contributed by atoms with Crippen molar-refractivity contribution in [3.8, 4) is 12.3 Å². The van der Waals surface area contributed by atoms with Crippen molar-refractivity contribution in [2.24, 2.45) is 0 Å². The second-order valence-electron chi connectivity index (χ2n) is 8.52. The normalized spacial score (nSPS) is 20.5. The number of sulfonamides is 1. The van der Waals surface area contributed by atoms with Crippen LogP contribution in [-0.4, -0.2) is 47.0 Å². The van der Waals surface area contributed by atoms with Gasteiger partial charge in [0.05, 0.1) is 29.1 Å². The SMILES string of the molecule is C#Cc1cc2cnc(Nc3ccc(N(C)S(C)(=O)=O)cc3)nc2n([C@@H]2CCC[C@@]2(C)O)c1=O. The quantitative estimate of drug-likeness (QED) is 0.553. The Kier molecular flexibility index (Phi) is 5.64. The second-order valence-corrected chi connectivity index (χ2v) is 10.5. The van der Waals surface area contributed by atoms with E-state index in [4.69, 9.17) is 6.42 Å². The zero-order valence-corrected chi connectivity index (χ0v) is 19.4. The van der Waals surface area contributed by atoms with E-state index in [1.54, 1.807) is 43.5 Å². The minimum absolute atomic E-state index is 0.195. The van der Waals surface area contributed by atoms with Gasteiger partial charge in [-0.15, -0.1) is 6.42 Å². The van der Waals surface area contributed by atoms with Crippen LogP contribution in [0, 0.1) is 12.3 Å². The van der Waals surface area contributed by atoms with E-state index in [0.717, 1.165) is 12.7 Å². The van der Waals surface area contributed by atoms with Crippen molar-refractivity contribution < 1.29 is 13.5 Å². The minimum atomic E-state index is -3.36. The summed E-state index contributed by atoms with van der Waals surface area (Å²) in [6.45, 7) is 1.72. The lowest BCUT2D eigenvalue weighted by Crippen LogP contribution is -2.38. The van der Waals surface area contributed by atoms with Gasteiger partial charge in [0, 0.05) is 24.3 Å². The van der Waals surface area contributed by atoms with Crippen molar-refractivity contribution in [1.29, 1.82) is 0 Å². The van der Waals surface area contributed by atoms with Gasteiger partial charge in [-0.2, -0.15) is 4.98 Å². The Hall–Kier alpha value is -3.42. The average Bonchev–Trinajstić information content (AvgIpc) is 3.11. The fourth-order valence-electron chi connectivity index (χ4n) is 4.19. The molecule has 9 nitrogen and oxygen atoms in total. The molecule has 2 N–H and O–H groups in total. The summed E-state index contributed by atoms with van der Waals surface area (Å²) in [7, 11) is -1.88. The number of nitrogens with one attached hydrogen (secondary N) is 1. The van der Waals surface area contributed by atoms with E-state index in [1.165, 1.54) is 15.9 Å². The molecule has 2 heterocycles. The fourth-order valence-corrected chi connectivity index (χ4v) is 4.69. The van der Waals surface area contributed by atoms with E-state index in [9.17, 15) is 18.3 Å². The van der Waals surface area contributed by atoms with Gasteiger partial charge in [0.1, 0.15) is 5.65 Å². The summed E-state index contributed by atoms with van der Waals surface area (Å²) in [6, 6.07) is 7.87. The molecular formula is C23H25N5O4S. The van der Waals surface area contributed by atoms with Crippen LogP contribution in [-0.2, 0) is 10.0 Å². The van der Waals surface area contributed by atoms with Gasteiger partial charge in [0.15, 0.2) is 0 Å². The summed E-state index contributed by atoms with van der Waals surface area (Å²) < 4.78 is 26.1. The number of anilines is 3. The molecule has 0 amide bonds. The summed E-state index contributed by atoms with van der Waals surface area (Å²) in [5, 5.41) is 14.5. The minimum Gasteiger partial charge on any atom is -0.388 e. The topological polar surface area (TPSA) is 117 Å². The van der Waals surface area contributed by atoms with Crippen LogP contribution in [0.5, 0.6) is 0 Å². The zero-order valence-electron chi connectivity index (χ0n) is 18.6. The molecule has 0 bridgehead atoms. The van der Waals surface area contributed by atoms with Crippen molar-refractivity contribution in [3.63, 3.8) is 0 Å². The van der Waals surface area contributed by atoms with E-state index in [2.05, 4.69) is 21.2 Å². The highest BCUT2D eigenvalue weighted by atomic mass is 32.2. The molecule has 0 unspecified atom stereocenters. The van der Waals surface area contributed by atoms with Crippen LogP contribution in [0.25, 0.3) is 11.0 Å². The maximum absolute atomic E-state index is 13.1. The summed E-state index contributed by atoms with van der Waals surface area (Å²) in [6.07, 6.45) is 10.3. The highest BCUT2D eigenvalue weighted by Crippen LogP contribution is 2.39. The van der Waals surface area contributed by atoms with Crippen LogP contribution in [0.4, 0.5) is 17.3 Å². The van der Waals surface area contributed by atoms with Crippen molar-refractivity contribution in [2.75, 3.05) is 22.9 Å². The van der Waals surface area contributed by atoms with Gasteiger partial charge < -0.3 is 10.4 Å². The molecule has 10 heteroatoms. The van der Waals surface area contributed by atoms with E-state index in [-0.39, 0.29) is 17.1 Å². The molecule has 1 aromatic carbocycles. The number of terminal acetylenes is 1. The first kappa shape index (κ1) is 22.8. The zero-order chi connectivity index (χ0) is 24.0. The summed E-state index contributed by atoms with van der Waals surface area (Å²) >= 11 is 0. The van der Waals surface area contributed by atoms with E-state index in [1.807, 2.05) is 0 Å². The molecule has 2 atom stereocenters. The molecule has 0 saturated heterocycles. The number of nitrogens with zero attached hydrogens (tertiary/aromatic N) is 4. The molecule has 1 fully saturated rings. The Morgan fingerprint density at radius 3 is 2.61 bits per heavy atom. The molecule has 172 valence electrons. The average molecular weight is 468 g/mol. The first-order valence-electron chi connectivity index (χ1n) is 10.4. The number of aromatic nitrogens is 3. The number of hydrogen-bond donors (Lipinski definition) is 2. The Morgan fingerprint density at radius 2 is 2.03 bits per heavy atom. The number of rotatable bonds is 5. The van der Waals surface area contributed by atoms with Crippen molar-refractivity contribution in [2.45, 2.75) is 37.8 Å². The van der Waals surface area contributed by atoms with Crippen LogP contribution in [0.1, 0.15) is 37.8 Å². The lowest BCUT2D eigenvalue weighted by atomic mass is 9.99. The van der Waals surface area contributed by atoms with E-state index in [0.29, 0.717) is 35.2 Å². The standard InChI is InChI=1S/C23H25N5O4S/c1-5-15-13-16-14-24-22(25-17-8-10-18(11-9-17)27(3)33(4,31)32)26-20(16)28(21(15)29)19-7-6-12-23(19,2)30/h1,8-11,13-14,19,30H,6-7,12H2,2-4H3,(H,24,25,26)/t19-,23-/m1/s1. The van der Waals surface area contributed by atoms with E-state index >= 15 is 0 Å². The number of benzene rings is 1. The largest absolute Gasteiger partial charge is 0.388 e. The summed E-state index contributed by atoms with van der Waals surface area (Å²) in [4.78, 5) is 22.0. The molecule has 1 aliphatic rings. The maximum Gasteiger partial charge on any atom is 0.268 e. The first-order chi connectivity index (χ1) is 15.5. The Balaban J connectivity index is 1.75. The fraction of sp³-hybridized carbons (Fsp3) is 0.348. The van der Waals surface area contributed by atoms with Gasteiger partial charge >= 0.3 is 0 Å². The predicted molar refractivity (Wildman–Crippen MR) is 128 cm³/mol. The van der Waals surface area contributed by atoms with Gasteiger partial charge in [-0.25, -0.2) is 13.4 Å². The lowest BCUT2D eigenvalue weighted by molar-refractivity contribution is 0.0266. The lowest BCUT2D eigenvalue weighted by Gasteiger charge is -2.28. The van der Waals surface area contributed by atoms with Crippen molar-refractivity contribution in [1.82, 2.24) is 14.5 Å². The number of aliphatic hydroxyl groups is 1. The van der Waals surface area contributed by atoms with E-state index < -0.39 is 21.7 Å². The van der Waals surface area contributed by atoms with Crippen LogP contribution in [0.15, 0.2) is 41.3 Å². The Morgan fingerprint density at radius 1 is 1.33 bits per heavy atom. The molecule has 1 saturated carbocycles. The smallest absolute Gasteiger partial charge is 0.268 e. The van der Waals surface area contributed by atoms with Crippen LogP contribution in [0.2, 0.25) is 0 Å². The summed E-state index contributed by atoms with van der Waals surface area (Å²) in [5.41, 5.74) is 0.320. The number of pyridine rings is 1. The van der Waals surface area contributed by atoms with Crippen molar-refractivity contribution in [3.05, 3.63) is 52.4 Å². The predicted octanol–water partition coefficient (Wildman–Crippen LogP) is 2.39. The third-order valence-electron chi connectivity index (χ3n) is 6.10. The molecule has 1 aliphatic carbocycles. The highest BCUT2D eigenvalue weighted by molar-refractivity contribution is 7.92. The van der Waals surface area contributed by atoms with Gasteiger partial charge in [-0.3, -0.25) is 13.7 Å². The molecule has 0 aliphatic heterocycles. The molecule has 4 rings (SSSR count). The molecule has 2 aromatic heterocycles. The van der Waals surface area contributed by atoms with Crippen LogP contribution < -0.4 is 15.2 Å². The second kappa shape index (κ2) is 8.17. The third kappa shape index (κ3) is 4.29. The molecule has 0 radical (unpaired) electrons. The molecule has 33 heavy (non-hydrogen) atoms. The number of fused-ring (bicyclic) bond motifs is 1. The van der Waals surface area contributed by atoms with Crippen molar-refractivity contribution >= 4 is 38.4 Å². The molecular weight excluding hydrogens is 442 g/mol. The van der Waals surface area contributed by atoms with Gasteiger partial charge in [0.2, 0.25) is 16.0 Å². The number of hydrogen-bond acceptors (Lipinski definition) is 7. The maximum atomic E-state index is 13.1. The van der Waals surface area contributed by atoms with Gasteiger partial charge in [-0.05, 0) is 56.5 Å². The van der Waals surface area contributed by atoms with Crippen LogP contribution >= 0.6 is 0 Å². The molecule has 0 spiro atoms.